The molecule has 0 spiro atoms. The second-order valence-electron chi connectivity index (χ2n) is 11.8. The third-order valence-corrected chi connectivity index (χ3v) is 10.5. The van der Waals surface area contributed by atoms with Crippen molar-refractivity contribution in [2.45, 2.75) is 67.4 Å². The first kappa shape index (κ1) is 27.8. The average Bonchev–Trinajstić information content (AvgIpc) is 3.56. The summed E-state index contributed by atoms with van der Waals surface area (Å²) < 4.78 is 79.1. The molecule has 0 radical (unpaired) electrons. The van der Waals surface area contributed by atoms with Crippen LogP contribution in [0.25, 0.3) is 22.3 Å². The van der Waals surface area contributed by atoms with Crippen LogP contribution in [0.1, 0.15) is 43.2 Å². The Morgan fingerprint density at radius 3 is 2.62 bits per heavy atom. The standard InChI is InChI=1S/C28H30F5N7OS/c1-14-7-19(34)36-23(20(14)28(31,32)33)24-21(30)22-18(9-35-24)25(39-11-16-3-4-17(12-39)42-16)38-26(37-22)41-13-27-5-2-6-40(27)10-15(29)8-27/h7,9,15-17H,2-6,8,10-13H2,1H3,(H2,34,36)/t15-,16?,17?,27+/m1/s1. The molecule has 0 saturated carbocycles. The van der Waals surface area contributed by atoms with Crippen LogP contribution in [0.15, 0.2) is 12.3 Å². The molecule has 2 bridgehead atoms. The molecule has 224 valence electrons. The van der Waals surface area contributed by atoms with Crippen molar-refractivity contribution in [3.8, 4) is 17.4 Å². The Morgan fingerprint density at radius 1 is 1.12 bits per heavy atom. The topological polar surface area (TPSA) is 93.3 Å². The van der Waals surface area contributed by atoms with Gasteiger partial charge in [-0.05, 0) is 50.8 Å². The van der Waals surface area contributed by atoms with E-state index in [-0.39, 0.29) is 34.9 Å². The van der Waals surface area contributed by atoms with Crippen LogP contribution in [-0.2, 0) is 6.18 Å². The number of pyridine rings is 2. The maximum Gasteiger partial charge on any atom is 0.418 e. The number of fused-ring (bicyclic) bond motifs is 4. The van der Waals surface area contributed by atoms with Gasteiger partial charge in [-0.15, -0.1) is 0 Å². The van der Waals surface area contributed by atoms with Crippen molar-refractivity contribution in [1.29, 1.82) is 0 Å². The molecule has 7 heterocycles. The molecule has 4 aliphatic rings. The number of ether oxygens (including phenoxy) is 1. The van der Waals surface area contributed by atoms with Gasteiger partial charge < -0.3 is 15.4 Å². The van der Waals surface area contributed by atoms with E-state index in [1.54, 1.807) is 0 Å². The Morgan fingerprint density at radius 2 is 1.88 bits per heavy atom. The van der Waals surface area contributed by atoms with Gasteiger partial charge in [0, 0.05) is 42.8 Å². The first-order chi connectivity index (χ1) is 20.0. The number of aromatic nitrogens is 4. The zero-order valence-electron chi connectivity index (χ0n) is 22.9. The van der Waals surface area contributed by atoms with Crippen LogP contribution >= 0.6 is 11.8 Å². The molecule has 14 heteroatoms. The fourth-order valence-electron chi connectivity index (χ4n) is 7.15. The molecule has 0 amide bonds. The Labute approximate surface area is 243 Å². The predicted molar refractivity (Wildman–Crippen MR) is 150 cm³/mol. The minimum absolute atomic E-state index is 0.101. The number of alkyl halides is 4. The highest BCUT2D eigenvalue weighted by Gasteiger charge is 2.49. The van der Waals surface area contributed by atoms with Crippen LogP contribution in [0.4, 0.5) is 33.6 Å². The molecule has 4 saturated heterocycles. The van der Waals surface area contributed by atoms with Crippen LogP contribution in [0, 0.1) is 12.7 Å². The summed E-state index contributed by atoms with van der Waals surface area (Å²) in [5.41, 5.74) is 2.49. The molecular formula is C28H30F5N7OS. The summed E-state index contributed by atoms with van der Waals surface area (Å²) >= 11 is 1.93. The van der Waals surface area contributed by atoms with Crippen LogP contribution in [0.3, 0.4) is 0 Å². The van der Waals surface area contributed by atoms with Gasteiger partial charge in [-0.2, -0.15) is 34.9 Å². The molecule has 2 unspecified atom stereocenters. The third-order valence-electron chi connectivity index (χ3n) is 8.96. The van der Waals surface area contributed by atoms with E-state index in [1.165, 1.54) is 13.1 Å². The minimum atomic E-state index is -4.82. The van der Waals surface area contributed by atoms with Gasteiger partial charge in [0.15, 0.2) is 5.82 Å². The largest absolute Gasteiger partial charge is 0.461 e. The number of thioether (sulfide) groups is 1. The second kappa shape index (κ2) is 10.0. The number of anilines is 2. The predicted octanol–water partition coefficient (Wildman–Crippen LogP) is 5.17. The Hall–Kier alpha value is -3.00. The molecule has 4 fully saturated rings. The summed E-state index contributed by atoms with van der Waals surface area (Å²) in [4.78, 5) is 21.2. The average molecular weight is 608 g/mol. The SMILES string of the molecule is Cc1cc(N)nc(-c2ncc3c(N4CC5CCC(C4)S5)nc(OC[C@@]45CCCN4C[C@H](F)C5)nc3c2F)c1C(F)(F)F. The van der Waals surface area contributed by atoms with E-state index in [0.717, 1.165) is 38.3 Å². The third kappa shape index (κ3) is 4.70. The first-order valence-corrected chi connectivity index (χ1v) is 15.1. The summed E-state index contributed by atoms with van der Waals surface area (Å²) in [6.45, 7) is 3.87. The first-order valence-electron chi connectivity index (χ1n) is 14.1. The summed E-state index contributed by atoms with van der Waals surface area (Å²) in [5, 5.41) is 1.07. The Balaban J connectivity index is 1.35. The van der Waals surface area contributed by atoms with Gasteiger partial charge in [-0.3, -0.25) is 9.88 Å². The maximum atomic E-state index is 16.3. The van der Waals surface area contributed by atoms with E-state index in [1.807, 2.05) is 11.8 Å². The number of hydrogen-bond donors (Lipinski definition) is 1. The second-order valence-corrected chi connectivity index (χ2v) is 13.4. The van der Waals surface area contributed by atoms with Gasteiger partial charge in [0.1, 0.15) is 41.3 Å². The van der Waals surface area contributed by atoms with Gasteiger partial charge in [-0.25, -0.2) is 13.8 Å². The van der Waals surface area contributed by atoms with Crippen molar-refractivity contribution >= 4 is 34.3 Å². The van der Waals surface area contributed by atoms with Crippen molar-refractivity contribution < 1.29 is 26.7 Å². The van der Waals surface area contributed by atoms with Crippen molar-refractivity contribution in [3.63, 3.8) is 0 Å². The number of nitrogens with zero attached hydrogens (tertiary/aromatic N) is 6. The lowest BCUT2D eigenvalue weighted by Crippen LogP contribution is -2.43. The summed E-state index contributed by atoms with van der Waals surface area (Å²) in [6, 6.07) is 0.993. The number of aryl methyl sites for hydroxylation is 1. The summed E-state index contributed by atoms with van der Waals surface area (Å²) in [5.74, 6) is -0.828. The van der Waals surface area contributed by atoms with E-state index in [0.29, 0.717) is 42.4 Å². The molecule has 2 N–H and O–H groups in total. The van der Waals surface area contributed by atoms with E-state index < -0.39 is 40.7 Å². The zero-order valence-corrected chi connectivity index (χ0v) is 23.7. The molecule has 42 heavy (non-hydrogen) atoms. The van der Waals surface area contributed by atoms with E-state index in [9.17, 15) is 17.6 Å². The van der Waals surface area contributed by atoms with E-state index >= 15 is 4.39 Å². The number of nitrogen functional groups attached to an aromatic ring is 1. The summed E-state index contributed by atoms with van der Waals surface area (Å²) in [6.07, 6.45) is -0.304. The van der Waals surface area contributed by atoms with Crippen LogP contribution in [0.5, 0.6) is 6.01 Å². The van der Waals surface area contributed by atoms with Crippen molar-refractivity contribution in [3.05, 3.63) is 29.2 Å². The molecule has 7 rings (SSSR count). The van der Waals surface area contributed by atoms with E-state index in [2.05, 4.69) is 29.7 Å². The van der Waals surface area contributed by atoms with E-state index in [4.69, 9.17) is 10.5 Å². The minimum Gasteiger partial charge on any atom is -0.461 e. The quantitative estimate of drug-likeness (QED) is 0.394. The number of nitrogens with two attached hydrogens (primary N) is 1. The summed E-state index contributed by atoms with van der Waals surface area (Å²) in [7, 11) is 0. The van der Waals surface area contributed by atoms with Crippen LogP contribution < -0.4 is 15.4 Å². The normalized spacial score (nSPS) is 27.7. The van der Waals surface area contributed by atoms with Gasteiger partial charge in [0.25, 0.3) is 0 Å². The highest BCUT2D eigenvalue weighted by molar-refractivity contribution is 8.00. The molecule has 3 aromatic rings. The molecule has 8 nitrogen and oxygen atoms in total. The van der Waals surface area contributed by atoms with Gasteiger partial charge in [-0.1, -0.05) is 0 Å². The number of hydrogen-bond acceptors (Lipinski definition) is 9. The Bertz CT molecular complexity index is 1550. The number of halogens is 5. The fourth-order valence-corrected chi connectivity index (χ4v) is 8.78. The molecular weight excluding hydrogens is 577 g/mol. The fraction of sp³-hybridized carbons (Fsp3) is 0.571. The smallest absolute Gasteiger partial charge is 0.418 e. The van der Waals surface area contributed by atoms with Gasteiger partial charge >= 0.3 is 12.2 Å². The molecule has 0 aliphatic carbocycles. The molecule has 0 aromatic carbocycles. The zero-order chi connectivity index (χ0) is 29.4. The van der Waals surface area contributed by atoms with Crippen LogP contribution in [-0.4, -0.2) is 79.8 Å². The van der Waals surface area contributed by atoms with Gasteiger partial charge in [0.2, 0.25) is 0 Å². The molecule has 4 aliphatic heterocycles. The lowest BCUT2D eigenvalue weighted by molar-refractivity contribution is -0.137. The maximum absolute atomic E-state index is 16.3. The highest BCUT2D eigenvalue weighted by Crippen LogP contribution is 2.44. The lowest BCUT2D eigenvalue weighted by Gasteiger charge is -2.33. The van der Waals surface area contributed by atoms with Crippen molar-refractivity contribution in [2.75, 3.05) is 43.4 Å². The number of rotatable bonds is 5. The van der Waals surface area contributed by atoms with Crippen LogP contribution in [0.2, 0.25) is 0 Å². The lowest BCUT2D eigenvalue weighted by atomic mass is 9.95. The van der Waals surface area contributed by atoms with Crippen molar-refractivity contribution in [2.24, 2.45) is 0 Å². The van der Waals surface area contributed by atoms with Gasteiger partial charge in [0.05, 0.1) is 16.5 Å². The molecule has 4 atom stereocenters. The Kier molecular flexibility index (Phi) is 6.64. The van der Waals surface area contributed by atoms with Crippen molar-refractivity contribution in [1.82, 2.24) is 24.8 Å². The molecule has 3 aromatic heterocycles. The monoisotopic (exact) mass is 607 g/mol. The highest BCUT2D eigenvalue weighted by atomic mass is 32.2.